The highest BCUT2D eigenvalue weighted by Crippen LogP contribution is 2.28. The van der Waals surface area contributed by atoms with Gasteiger partial charge in [0, 0.05) is 6.08 Å². The second-order valence-corrected chi connectivity index (χ2v) is 5.27. The van der Waals surface area contributed by atoms with Crippen LogP contribution in [-0.4, -0.2) is 31.6 Å². The number of carbonyl (C=O) groups is 1. The number of esters is 1. The van der Waals surface area contributed by atoms with Crippen LogP contribution in [0, 0.1) is 0 Å². The van der Waals surface area contributed by atoms with Gasteiger partial charge in [-0.15, -0.1) is 0 Å². The van der Waals surface area contributed by atoms with Gasteiger partial charge in [-0.05, 0) is 42.2 Å². The van der Waals surface area contributed by atoms with Crippen LogP contribution >= 0.6 is 0 Å². The van der Waals surface area contributed by atoms with E-state index in [4.69, 9.17) is 19.3 Å². The van der Waals surface area contributed by atoms with Crippen LogP contribution in [-0.2, 0) is 16.0 Å². The second-order valence-electron chi connectivity index (χ2n) is 5.27. The molecule has 1 N–H and O–H groups in total. The summed E-state index contributed by atoms with van der Waals surface area (Å²) in [5.74, 6) is 0.529. The molecule has 0 heterocycles. The van der Waals surface area contributed by atoms with Crippen molar-refractivity contribution < 1.29 is 24.1 Å². The van der Waals surface area contributed by atoms with Crippen LogP contribution < -0.4 is 9.47 Å². The zero-order chi connectivity index (χ0) is 17.9. The van der Waals surface area contributed by atoms with E-state index in [-0.39, 0.29) is 5.97 Å². The van der Waals surface area contributed by atoms with E-state index in [1.807, 2.05) is 18.2 Å². The van der Waals surface area contributed by atoms with Crippen LogP contribution in [0.3, 0.4) is 0 Å². The van der Waals surface area contributed by atoms with E-state index >= 15 is 0 Å². The third-order valence-corrected chi connectivity index (χ3v) is 3.52. The quantitative estimate of drug-likeness (QED) is 0.328. The van der Waals surface area contributed by atoms with Gasteiger partial charge in [0.15, 0.2) is 18.3 Å². The van der Waals surface area contributed by atoms with Crippen molar-refractivity contribution in [2.24, 2.45) is 0 Å². The Balaban J connectivity index is 1.79. The van der Waals surface area contributed by atoms with E-state index in [1.165, 1.54) is 18.7 Å². The molecular formula is C20H22O5. The lowest BCUT2D eigenvalue weighted by atomic mass is 10.1. The van der Waals surface area contributed by atoms with Gasteiger partial charge in [0.05, 0.1) is 13.7 Å². The number of benzene rings is 2. The normalized spacial score (nSPS) is 10.6. The predicted molar refractivity (Wildman–Crippen MR) is 95.5 cm³/mol. The van der Waals surface area contributed by atoms with Gasteiger partial charge < -0.3 is 19.3 Å². The van der Waals surface area contributed by atoms with Gasteiger partial charge in [0.2, 0.25) is 0 Å². The summed E-state index contributed by atoms with van der Waals surface area (Å²) in [6.07, 6.45) is 4.68. The molecule has 0 fully saturated rings. The molecule has 2 rings (SSSR count). The van der Waals surface area contributed by atoms with Crippen LogP contribution in [0.2, 0.25) is 0 Å². The molecule has 5 nitrogen and oxygen atoms in total. The van der Waals surface area contributed by atoms with Gasteiger partial charge in [-0.2, -0.15) is 0 Å². The molecule has 0 aliphatic carbocycles. The first-order valence-corrected chi connectivity index (χ1v) is 8.03. The molecule has 0 aromatic heterocycles. The molecule has 0 saturated carbocycles. The summed E-state index contributed by atoms with van der Waals surface area (Å²) < 4.78 is 15.4. The van der Waals surface area contributed by atoms with E-state index in [2.05, 4.69) is 12.1 Å². The Hall–Kier alpha value is -2.79. The molecule has 0 aliphatic rings. The van der Waals surface area contributed by atoms with Crippen molar-refractivity contribution in [3.8, 4) is 11.5 Å². The van der Waals surface area contributed by atoms with Crippen LogP contribution in [0.25, 0.3) is 6.08 Å². The lowest BCUT2D eigenvalue weighted by molar-refractivity contribution is -0.137. The molecule has 5 heteroatoms. The van der Waals surface area contributed by atoms with Crippen molar-refractivity contribution in [3.63, 3.8) is 0 Å². The van der Waals surface area contributed by atoms with Gasteiger partial charge in [-0.25, -0.2) is 4.79 Å². The maximum Gasteiger partial charge on any atom is 0.330 e. The Morgan fingerprint density at radius 2 is 1.92 bits per heavy atom. The monoisotopic (exact) mass is 342 g/mol. The Kier molecular flexibility index (Phi) is 7.53. The number of aliphatic hydroxyl groups is 1. The number of ether oxygens (including phenoxy) is 3. The van der Waals surface area contributed by atoms with E-state index < -0.39 is 6.79 Å². The average molecular weight is 342 g/mol. The molecule has 0 bridgehead atoms. The average Bonchev–Trinajstić information content (AvgIpc) is 2.65. The smallest absolute Gasteiger partial charge is 0.330 e. The first-order valence-electron chi connectivity index (χ1n) is 8.03. The predicted octanol–water partition coefficient (Wildman–Crippen LogP) is 3.21. The Labute approximate surface area is 147 Å². The highest BCUT2D eigenvalue weighted by Gasteiger charge is 2.04. The number of methoxy groups -OCH3 is 1. The molecular weight excluding hydrogens is 320 g/mol. The van der Waals surface area contributed by atoms with Gasteiger partial charge in [0.25, 0.3) is 0 Å². The Morgan fingerprint density at radius 3 is 2.64 bits per heavy atom. The van der Waals surface area contributed by atoms with Gasteiger partial charge in [-0.1, -0.05) is 36.4 Å². The van der Waals surface area contributed by atoms with Crippen molar-refractivity contribution in [2.45, 2.75) is 12.8 Å². The lowest BCUT2D eigenvalue weighted by Crippen LogP contribution is -2.03. The largest absolute Gasteiger partial charge is 0.493 e. The molecule has 0 spiro atoms. The lowest BCUT2D eigenvalue weighted by Gasteiger charge is -2.09. The zero-order valence-electron chi connectivity index (χ0n) is 14.2. The third kappa shape index (κ3) is 6.31. The fraction of sp³-hybridized carbons (Fsp3) is 0.250. The first-order chi connectivity index (χ1) is 12.2. The summed E-state index contributed by atoms with van der Waals surface area (Å²) in [5, 5.41) is 8.81. The third-order valence-electron chi connectivity index (χ3n) is 3.52. The summed E-state index contributed by atoms with van der Waals surface area (Å²) in [6.45, 7) is -0.0501. The van der Waals surface area contributed by atoms with Crippen LogP contribution in [0.4, 0.5) is 0 Å². The molecule has 2 aromatic carbocycles. The molecule has 0 atom stereocenters. The molecule has 132 valence electrons. The minimum absolute atomic E-state index is 0.380. The SMILES string of the molecule is COc1cc(/C=C/C(=O)OCCCc2ccccc2)ccc1OCO. The maximum atomic E-state index is 11.8. The fourth-order valence-electron chi connectivity index (χ4n) is 2.28. The van der Waals surface area contributed by atoms with Crippen molar-refractivity contribution in [1.82, 2.24) is 0 Å². The van der Waals surface area contributed by atoms with Crippen LogP contribution in [0.1, 0.15) is 17.5 Å². The van der Waals surface area contributed by atoms with E-state index in [1.54, 1.807) is 24.3 Å². The minimum atomic E-state index is -0.430. The van der Waals surface area contributed by atoms with Gasteiger partial charge in [0.1, 0.15) is 0 Å². The number of hydrogen-bond donors (Lipinski definition) is 1. The maximum absolute atomic E-state index is 11.8. The molecule has 25 heavy (non-hydrogen) atoms. The first kappa shape index (κ1) is 18.5. The number of aryl methyl sites for hydroxylation is 1. The topological polar surface area (TPSA) is 65.0 Å². The van der Waals surface area contributed by atoms with E-state index in [0.717, 1.165) is 18.4 Å². The Bertz CT molecular complexity index is 694. The Morgan fingerprint density at radius 1 is 1.12 bits per heavy atom. The van der Waals surface area contributed by atoms with Crippen LogP contribution in [0.15, 0.2) is 54.6 Å². The van der Waals surface area contributed by atoms with Crippen LogP contribution in [0.5, 0.6) is 11.5 Å². The minimum Gasteiger partial charge on any atom is -0.493 e. The zero-order valence-corrected chi connectivity index (χ0v) is 14.2. The van der Waals surface area contributed by atoms with Gasteiger partial charge in [-0.3, -0.25) is 0 Å². The number of carbonyl (C=O) groups excluding carboxylic acids is 1. The van der Waals surface area contributed by atoms with Gasteiger partial charge >= 0.3 is 5.97 Å². The molecule has 2 aromatic rings. The highest BCUT2D eigenvalue weighted by atomic mass is 16.6. The van der Waals surface area contributed by atoms with Crippen molar-refractivity contribution in [1.29, 1.82) is 0 Å². The summed E-state index contributed by atoms with van der Waals surface area (Å²) >= 11 is 0. The summed E-state index contributed by atoms with van der Waals surface area (Å²) in [4.78, 5) is 11.8. The second kappa shape index (κ2) is 10.2. The molecule has 0 unspecified atom stereocenters. The summed E-state index contributed by atoms with van der Waals surface area (Å²) in [5.41, 5.74) is 2.00. The van der Waals surface area contributed by atoms with Crippen molar-refractivity contribution >= 4 is 12.0 Å². The highest BCUT2D eigenvalue weighted by molar-refractivity contribution is 5.87. The number of aliphatic hydroxyl groups excluding tert-OH is 1. The molecule has 0 saturated heterocycles. The molecule has 0 radical (unpaired) electrons. The summed E-state index contributed by atoms with van der Waals surface area (Å²) in [6, 6.07) is 15.2. The standard InChI is InChI=1S/C20H22O5/c1-23-19-14-17(9-11-18(19)25-15-21)10-12-20(22)24-13-5-8-16-6-3-2-4-7-16/h2-4,6-7,9-12,14,21H,5,8,13,15H2,1H3/b12-10+. The number of hydrogen-bond acceptors (Lipinski definition) is 5. The number of rotatable bonds is 9. The molecule has 0 amide bonds. The van der Waals surface area contributed by atoms with Crippen molar-refractivity contribution in [3.05, 3.63) is 65.7 Å². The fourth-order valence-corrected chi connectivity index (χ4v) is 2.28. The molecule has 0 aliphatic heterocycles. The van der Waals surface area contributed by atoms with E-state index in [0.29, 0.717) is 18.1 Å². The van der Waals surface area contributed by atoms with E-state index in [9.17, 15) is 4.79 Å². The summed E-state index contributed by atoms with van der Waals surface area (Å²) in [7, 11) is 1.51. The van der Waals surface area contributed by atoms with Crippen molar-refractivity contribution in [2.75, 3.05) is 20.5 Å².